The Kier molecular flexibility index (Phi) is 8.26. The van der Waals surface area contributed by atoms with E-state index >= 15 is 0 Å². The molecule has 0 aliphatic carbocycles. The highest BCUT2D eigenvalue weighted by Gasteiger charge is 2.40. The number of piperidine rings is 1. The standard InChI is InChI=1S/C18H29N3O2.2ClH/c1-13-5-6-18(23-13)16-11-21(12-17(16)19(3)4)15-7-9-20(10-8-15)14(2)22;;/h5-6,15-17H,7-12H2,1-4H3;2*1H/t16-,17-;;/m0../s1. The molecule has 2 saturated heterocycles. The van der Waals surface area contributed by atoms with Crippen molar-refractivity contribution in [2.45, 2.75) is 44.7 Å². The predicted molar refractivity (Wildman–Crippen MR) is 105 cm³/mol. The number of hydrogen-bond donors (Lipinski definition) is 0. The first kappa shape index (κ1) is 22.3. The van der Waals surface area contributed by atoms with Gasteiger partial charge in [0.05, 0.1) is 0 Å². The molecular formula is C18H31Cl2N3O2. The van der Waals surface area contributed by atoms with Gasteiger partial charge in [-0.25, -0.2) is 0 Å². The molecule has 1 amide bonds. The van der Waals surface area contributed by atoms with Crippen molar-refractivity contribution in [2.24, 2.45) is 0 Å². The van der Waals surface area contributed by atoms with Gasteiger partial charge in [-0.05, 0) is 46.0 Å². The number of aryl methyl sites for hydroxylation is 1. The smallest absolute Gasteiger partial charge is 0.219 e. The summed E-state index contributed by atoms with van der Waals surface area (Å²) in [5.74, 6) is 2.75. The Morgan fingerprint density at radius 1 is 1.16 bits per heavy atom. The molecular weight excluding hydrogens is 361 g/mol. The third kappa shape index (κ3) is 4.91. The first-order valence-electron chi connectivity index (χ1n) is 8.68. The van der Waals surface area contributed by atoms with Crippen LogP contribution >= 0.6 is 24.8 Å². The molecule has 25 heavy (non-hydrogen) atoms. The summed E-state index contributed by atoms with van der Waals surface area (Å²) >= 11 is 0. The van der Waals surface area contributed by atoms with Crippen LogP contribution in [0.1, 0.15) is 37.2 Å². The molecule has 144 valence electrons. The molecule has 5 nitrogen and oxygen atoms in total. The van der Waals surface area contributed by atoms with E-state index in [0.29, 0.717) is 18.0 Å². The number of hydrogen-bond acceptors (Lipinski definition) is 4. The van der Waals surface area contributed by atoms with E-state index in [1.807, 2.05) is 11.8 Å². The van der Waals surface area contributed by atoms with Gasteiger partial charge in [0.25, 0.3) is 0 Å². The van der Waals surface area contributed by atoms with Crippen molar-refractivity contribution < 1.29 is 9.21 Å². The summed E-state index contributed by atoms with van der Waals surface area (Å²) < 4.78 is 5.93. The molecule has 7 heteroatoms. The summed E-state index contributed by atoms with van der Waals surface area (Å²) in [7, 11) is 4.32. The van der Waals surface area contributed by atoms with Gasteiger partial charge in [0.1, 0.15) is 11.5 Å². The molecule has 2 atom stereocenters. The maximum Gasteiger partial charge on any atom is 0.219 e. The molecule has 3 heterocycles. The molecule has 0 aromatic carbocycles. The number of furan rings is 1. The lowest BCUT2D eigenvalue weighted by molar-refractivity contribution is -0.130. The third-order valence-electron chi connectivity index (χ3n) is 5.53. The predicted octanol–water partition coefficient (Wildman–Crippen LogP) is 2.77. The molecule has 0 spiro atoms. The SMILES string of the molecule is CC(=O)N1CCC(N2C[C@H](c3ccc(C)o3)[C@@H](N(C)C)C2)CC1.Cl.Cl. The second-order valence-electron chi connectivity index (χ2n) is 7.28. The largest absolute Gasteiger partial charge is 0.466 e. The molecule has 0 bridgehead atoms. The van der Waals surface area contributed by atoms with Crippen LogP contribution in [0, 0.1) is 6.92 Å². The van der Waals surface area contributed by atoms with E-state index in [2.05, 4.69) is 36.0 Å². The molecule has 1 aromatic heterocycles. The van der Waals surface area contributed by atoms with Crippen LogP contribution in [0.4, 0.5) is 0 Å². The molecule has 0 unspecified atom stereocenters. The second kappa shape index (κ2) is 9.26. The average Bonchev–Trinajstić information content (AvgIpc) is 3.13. The van der Waals surface area contributed by atoms with Gasteiger partial charge in [0.2, 0.25) is 5.91 Å². The lowest BCUT2D eigenvalue weighted by atomic mass is 10.00. The molecule has 2 aliphatic heterocycles. The Hall–Kier alpha value is -0.750. The fourth-order valence-corrected chi connectivity index (χ4v) is 4.12. The zero-order valence-corrected chi connectivity index (χ0v) is 17.2. The zero-order valence-electron chi connectivity index (χ0n) is 15.6. The number of halogens is 2. The summed E-state index contributed by atoms with van der Waals surface area (Å²) in [6, 6.07) is 5.29. The van der Waals surface area contributed by atoms with Crippen molar-refractivity contribution in [2.75, 3.05) is 40.3 Å². The third-order valence-corrected chi connectivity index (χ3v) is 5.53. The monoisotopic (exact) mass is 391 g/mol. The van der Waals surface area contributed by atoms with E-state index < -0.39 is 0 Å². The lowest BCUT2D eigenvalue weighted by Crippen LogP contribution is -2.46. The number of amides is 1. The Morgan fingerprint density at radius 2 is 1.80 bits per heavy atom. The normalized spacial score (nSPS) is 24.9. The maximum atomic E-state index is 11.5. The summed E-state index contributed by atoms with van der Waals surface area (Å²) in [5, 5.41) is 0. The first-order chi connectivity index (χ1) is 11.0. The van der Waals surface area contributed by atoms with Crippen molar-refractivity contribution in [3.63, 3.8) is 0 Å². The fourth-order valence-electron chi connectivity index (χ4n) is 4.12. The summed E-state index contributed by atoms with van der Waals surface area (Å²) in [5.41, 5.74) is 0. The van der Waals surface area contributed by atoms with Crippen LogP contribution in [0.15, 0.2) is 16.5 Å². The van der Waals surface area contributed by atoms with E-state index in [0.717, 1.165) is 50.5 Å². The number of carbonyl (C=O) groups excluding carboxylic acids is 1. The molecule has 3 rings (SSSR count). The topological polar surface area (TPSA) is 39.9 Å². The van der Waals surface area contributed by atoms with Gasteiger partial charge in [0, 0.05) is 51.1 Å². The van der Waals surface area contributed by atoms with Crippen molar-refractivity contribution in [3.8, 4) is 0 Å². The summed E-state index contributed by atoms with van der Waals surface area (Å²) in [6.45, 7) is 7.62. The van der Waals surface area contributed by atoms with E-state index in [-0.39, 0.29) is 30.7 Å². The number of rotatable bonds is 3. The van der Waals surface area contributed by atoms with E-state index in [9.17, 15) is 4.79 Å². The number of likely N-dealkylation sites (tertiary alicyclic amines) is 2. The van der Waals surface area contributed by atoms with Crippen molar-refractivity contribution in [3.05, 3.63) is 23.7 Å². The quantitative estimate of drug-likeness (QED) is 0.793. The van der Waals surface area contributed by atoms with Crippen LogP contribution in [0.2, 0.25) is 0 Å². The Bertz CT molecular complexity index is 556. The summed E-state index contributed by atoms with van der Waals surface area (Å²) in [4.78, 5) is 18.4. The molecule has 0 saturated carbocycles. The Labute approximate surface area is 163 Å². The van der Waals surface area contributed by atoms with Crippen molar-refractivity contribution in [1.29, 1.82) is 0 Å². The van der Waals surface area contributed by atoms with Crippen LogP contribution < -0.4 is 0 Å². The summed E-state index contributed by atoms with van der Waals surface area (Å²) in [6.07, 6.45) is 2.17. The molecule has 0 N–H and O–H groups in total. The first-order valence-corrected chi connectivity index (χ1v) is 8.68. The minimum Gasteiger partial charge on any atom is -0.466 e. The minimum absolute atomic E-state index is 0. The fraction of sp³-hybridized carbons (Fsp3) is 0.722. The van der Waals surface area contributed by atoms with Gasteiger partial charge >= 0.3 is 0 Å². The highest BCUT2D eigenvalue weighted by atomic mass is 35.5. The number of carbonyl (C=O) groups is 1. The van der Waals surface area contributed by atoms with Crippen molar-refractivity contribution in [1.82, 2.24) is 14.7 Å². The van der Waals surface area contributed by atoms with Gasteiger partial charge in [-0.1, -0.05) is 0 Å². The molecule has 2 aliphatic rings. The van der Waals surface area contributed by atoms with Gasteiger partial charge in [-0.15, -0.1) is 24.8 Å². The van der Waals surface area contributed by atoms with E-state index in [1.54, 1.807) is 6.92 Å². The number of likely N-dealkylation sites (N-methyl/N-ethyl adjacent to an activating group) is 1. The molecule has 1 aromatic rings. The van der Waals surface area contributed by atoms with Crippen molar-refractivity contribution >= 4 is 30.7 Å². The maximum absolute atomic E-state index is 11.5. The Morgan fingerprint density at radius 3 is 2.28 bits per heavy atom. The lowest BCUT2D eigenvalue weighted by Gasteiger charge is -2.36. The van der Waals surface area contributed by atoms with E-state index in [4.69, 9.17) is 4.42 Å². The highest BCUT2D eigenvalue weighted by molar-refractivity contribution is 5.85. The van der Waals surface area contributed by atoms with Gasteiger partial charge in [-0.3, -0.25) is 9.69 Å². The molecule has 2 fully saturated rings. The van der Waals surface area contributed by atoms with Gasteiger partial charge in [-0.2, -0.15) is 0 Å². The van der Waals surface area contributed by atoms with E-state index in [1.165, 1.54) is 0 Å². The van der Waals surface area contributed by atoms with Crippen LogP contribution in [0.5, 0.6) is 0 Å². The van der Waals surface area contributed by atoms with Gasteiger partial charge < -0.3 is 14.2 Å². The molecule has 0 radical (unpaired) electrons. The van der Waals surface area contributed by atoms with Gasteiger partial charge in [0.15, 0.2) is 0 Å². The zero-order chi connectivity index (χ0) is 16.6. The highest BCUT2D eigenvalue weighted by Crippen LogP contribution is 2.34. The minimum atomic E-state index is 0. The van der Waals surface area contributed by atoms with Crippen LogP contribution in [0.3, 0.4) is 0 Å². The average molecular weight is 392 g/mol. The van der Waals surface area contributed by atoms with Crippen LogP contribution in [0.25, 0.3) is 0 Å². The Balaban J connectivity index is 0.00000156. The number of nitrogens with zero attached hydrogens (tertiary/aromatic N) is 3. The van der Waals surface area contributed by atoms with Crippen LogP contribution in [-0.4, -0.2) is 73.0 Å². The van der Waals surface area contributed by atoms with Crippen LogP contribution in [-0.2, 0) is 4.79 Å². The second-order valence-corrected chi connectivity index (χ2v) is 7.28.